The Bertz CT molecular complexity index is 1060. The summed E-state index contributed by atoms with van der Waals surface area (Å²) in [5.74, 6) is -0.0835. The summed E-state index contributed by atoms with van der Waals surface area (Å²) in [5, 5.41) is 3.46. The number of carbonyl (C=O) groups excluding carboxylic acids is 1. The minimum atomic E-state index is -0.0835. The molecule has 0 spiro atoms. The molecule has 3 aromatic rings. The van der Waals surface area contributed by atoms with E-state index in [2.05, 4.69) is 29.1 Å². The monoisotopic (exact) mass is 479 g/mol. The van der Waals surface area contributed by atoms with Gasteiger partial charge in [0.1, 0.15) is 17.0 Å². The summed E-state index contributed by atoms with van der Waals surface area (Å²) in [7, 11) is 1.79. The van der Waals surface area contributed by atoms with E-state index in [4.69, 9.17) is 16.6 Å². The van der Waals surface area contributed by atoms with Crippen LogP contribution in [0.25, 0.3) is 16.4 Å². The summed E-state index contributed by atoms with van der Waals surface area (Å²) < 4.78 is 1.97. The van der Waals surface area contributed by atoms with Gasteiger partial charge < -0.3 is 4.90 Å². The number of hydrogen-bond donors (Lipinski definition) is 0. The normalized spacial score (nSPS) is 13.1. The average molecular weight is 480 g/mol. The van der Waals surface area contributed by atoms with Crippen LogP contribution in [0.1, 0.15) is 48.4 Å². The molecule has 0 atom stereocenters. The average Bonchev–Trinajstić information content (AvgIpc) is 3.32. The number of rotatable bonds is 7. The van der Waals surface area contributed by atoms with Crippen LogP contribution < -0.4 is 0 Å². The number of halogens is 2. The van der Waals surface area contributed by atoms with Crippen LogP contribution in [-0.2, 0) is 13.1 Å². The number of amides is 1. The number of thiazole rings is 1. The van der Waals surface area contributed by atoms with Crippen LogP contribution >= 0.6 is 35.3 Å². The molecule has 0 N–H and O–H groups in total. The lowest BCUT2D eigenvalue weighted by atomic mass is 10.1. The van der Waals surface area contributed by atoms with Gasteiger partial charge in [0.25, 0.3) is 5.91 Å². The van der Waals surface area contributed by atoms with Crippen LogP contribution in [0, 0.1) is 0 Å². The maximum Gasteiger partial charge on any atom is 0.257 e. The standard InChI is InChI=1S/C22H26ClN5OS.ClH/c1-4-9-27(10-5-2)11-15-13-30-21(25-15)20-18-12-26(3)22(29)19-16(23)7-6-8-17(19)28(18)14-24-20;/h6-8,13-14H,4-5,9-12H2,1-3H3;1H. The van der Waals surface area contributed by atoms with Gasteiger partial charge in [-0.1, -0.05) is 31.5 Å². The SMILES string of the molecule is CCCN(CCC)Cc1csc(-c2ncn3c2CN(C)C(=O)c2c(Cl)cccc2-3)n1.Cl. The molecule has 166 valence electrons. The van der Waals surface area contributed by atoms with Gasteiger partial charge in [-0.25, -0.2) is 9.97 Å². The number of carbonyl (C=O) groups is 1. The number of nitrogens with zero attached hydrogens (tertiary/aromatic N) is 5. The fourth-order valence-corrected chi connectivity index (χ4v) is 5.02. The van der Waals surface area contributed by atoms with Crippen LogP contribution in [-0.4, -0.2) is 50.4 Å². The minimum Gasteiger partial charge on any atom is -0.336 e. The first kappa shape index (κ1) is 23.7. The molecular formula is C22H27Cl2N5OS. The Labute approximate surface area is 198 Å². The summed E-state index contributed by atoms with van der Waals surface area (Å²) in [6.45, 7) is 7.86. The van der Waals surface area contributed by atoms with Crippen LogP contribution in [0.2, 0.25) is 5.02 Å². The molecule has 2 aromatic heterocycles. The first-order valence-corrected chi connectivity index (χ1v) is 11.6. The van der Waals surface area contributed by atoms with Crippen molar-refractivity contribution in [3.63, 3.8) is 0 Å². The molecule has 1 amide bonds. The van der Waals surface area contributed by atoms with Gasteiger partial charge in [0, 0.05) is 19.0 Å². The fraction of sp³-hybridized carbons (Fsp3) is 0.409. The summed E-state index contributed by atoms with van der Waals surface area (Å²) in [6.07, 6.45) is 4.04. The van der Waals surface area contributed by atoms with Crippen LogP contribution in [0.5, 0.6) is 0 Å². The van der Waals surface area contributed by atoms with E-state index >= 15 is 0 Å². The molecule has 0 aliphatic carbocycles. The third-order valence-electron chi connectivity index (χ3n) is 5.28. The number of fused-ring (bicyclic) bond motifs is 3. The van der Waals surface area contributed by atoms with Crippen LogP contribution in [0.3, 0.4) is 0 Å². The number of imidazole rings is 1. The zero-order valence-corrected chi connectivity index (χ0v) is 20.4. The Hall–Kier alpha value is -1.93. The summed E-state index contributed by atoms with van der Waals surface area (Å²) >= 11 is 7.98. The van der Waals surface area contributed by atoms with Crippen molar-refractivity contribution in [3.8, 4) is 16.4 Å². The maximum absolute atomic E-state index is 12.9. The molecule has 1 aromatic carbocycles. The molecule has 0 unspecified atom stereocenters. The van der Waals surface area contributed by atoms with Gasteiger partial charge >= 0.3 is 0 Å². The Balaban J connectivity index is 0.00000272. The van der Waals surface area contributed by atoms with Gasteiger partial charge in [-0.2, -0.15) is 0 Å². The second-order valence-corrected chi connectivity index (χ2v) is 8.89. The van der Waals surface area contributed by atoms with Crippen molar-refractivity contribution >= 4 is 41.3 Å². The molecular weight excluding hydrogens is 453 g/mol. The molecule has 4 rings (SSSR count). The Morgan fingerprint density at radius 2 is 1.97 bits per heavy atom. The third kappa shape index (κ3) is 4.65. The topological polar surface area (TPSA) is 54.3 Å². The lowest BCUT2D eigenvalue weighted by molar-refractivity contribution is 0.0788. The molecule has 0 radical (unpaired) electrons. The summed E-state index contributed by atoms with van der Waals surface area (Å²) in [6, 6.07) is 5.52. The van der Waals surface area contributed by atoms with Gasteiger partial charge in [0.15, 0.2) is 0 Å². The van der Waals surface area contributed by atoms with E-state index < -0.39 is 0 Å². The fourth-order valence-electron chi connectivity index (χ4n) is 3.94. The van der Waals surface area contributed by atoms with Crippen LogP contribution in [0.15, 0.2) is 29.9 Å². The van der Waals surface area contributed by atoms with Gasteiger partial charge in [-0.3, -0.25) is 14.3 Å². The smallest absolute Gasteiger partial charge is 0.257 e. The first-order valence-electron chi connectivity index (χ1n) is 10.3. The number of benzene rings is 1. The molecule has 9 heteroatoms. The van der Waals surface area contributed by atoms with Crippen molar-refractivity contribution in [2.45, 2.75) is 39.8 Å². The minimum absolute atomic E-state index is 0. The van der Waals surface area contributed by atoms with Crippen molar-refractivity contribution in [1.29, 1.82) is 0 Å². The van der Waals surface area contributed by atoms with E-state index in [1.54, 1.807) is 35.7 Å². The van der Waals surface area contributed by atoms with E-state index in [9.17, 15) is 4.79 Å². The molecule has 0 saturated heterocycles. The van der Waals surface area contributed by atoms with Crippen molar-refractivity contribution in [1.82, 2.24) is 24.3 Å². The van der Waals surface area contributed by atoms with Crippen molar-refractivity contribution in [2.24, 2.45) is 0 Å². The van der Waals surface area contributed by atoms with Gasteiger partial charge in [0.2, 0.25) is 0 Å². The lowest BCUT2D eigenvalue weighted by Crippen LogP contribution is -2.25. The summed E-state index contributed by atoms with van der Waals surface area (Å²) in [5.41, 5.74) is 4.13. The highest BCUT2D eigenvalue weighted by Gasteiger charge is 2.29. The molecule has 0 saturated carbocycles. The first-order chi connectivity index (χ1) is 14.5. The third-order valence-corrected chi connectivity index (χ3v) is 6.50. The number of hydrogen-bond acceptors (Lipinski definition) is 5. The van der Waals surface area contributed by atoms with E-state index in [0.29, 0.717) is 17.1 Å². The molecule has 31 heavy (non-hydrogen) atoms. The second-order valence-electron chi connectivity index (χ2n) is 7.63. The summed E-state index contributed by atoms with van der Waals surface area (Å²) in [4.78, 5) is 26.6. The predicted molar refractivity (Wildman–Crippen MR) is 129 cm³/mol. The largest absolute Gasteiger partial charge is 0.336 e. The van der Waals surface area contributed by atoms with Crippen molar-refractivity contribution < 1.29 is 4.79 Å². The molecule has 3 heterocycles. The molecule has 1 aliphatic rings. The Morgan fingerprint density at radius 1 is 1.23 bits per heavy atom. The lowest BCUT2D eigenvalue weighted by Gasteiger charge is -2.19. The van der Waals surface area contributed by atoms with Crippen molar-refractivity contribution in [3.05, 3.63) is 51.9 Å². The molecule has 0 bridgehead atoms. The van der Waals surface area contributed by atoms with E-state index in [0.717, 1.165) is 60.3 Å². The Morgan fingerprint density at radius 3 is 2.68 bits per heavy atom. The van der Waals surface area contributed by atoms with E-state index in [1.807, 2.05) is 16.7 Å². The Kier molecular flexibility index (Phi) is 7.75. The second kappa shape index (κ2) is 10.1. The molecule has 6 nitrogen and oxygen atoms in total. The predicted octanol–water partition coefficient (Wildman–Crippen LogP) is 5.28. The quantitative estimate of drug-likeness (QED) is 0.462. The van der Waals surface area contributed by atoms with Gasteiger partial charge in [-0.15, -0.1) is 23.7 Å². The zero-order valence-electron chi connectivity index (χ0n) is 18.0. The van der Waals surface area contributed by atoms with Crippen molar-refractivity contribution in [2.75, 3.05) is 20.1 Å². The van der Waals surface area contributed by atoms with Crippen LogP contribution in [0.4, 0.5) is 0 Å². The highest BCUT2D eigenvalue weighted by Crippen LogP contribution is 2.34. The molecule has 1 aliphatic heterocycles. The van der Waals surface area contributed by atoms with E-state index in [1.165, 1.54) is 0 Å². The van der Waals surface area contributed by atoms with Gasteiger partial charge in [-0.05, 0) is 38.1 Å². The number of aromatic nitrogens is 3. The highest BCUT2D eigenvalue weighted by atomic mass is 35.5. The van der Waals surface area contributed by atoms with Gasteiger partial charge in [0.05, 0.1) is 34.2 Å². The zero-order chi connectivity index (χ0) is 21.3. The highest BCUT2D eigenvalue weighted by molar-refractivity contribution is 7.13. The molecule has 0 fully saturated rings. The van der Waals surface area contributed by atoms with E-state index in [-0.39, 0.29) is 18.3 Å². The maximum atomic E-state index is 12.9.